The van der Waals surface area contributed by atoms with Crippen LogP contribution in [-0.2, 0) is 0 Å². The Bertz CT molecular complexity index is 2600. The van der Waals surface area contributed by atoms with E-state index < -0.39 is 0 Å². The number of hydrogen-bond acceptors (Lipinski definition) is 1. The Labute approximate surface area is 274 Å². The van der Waals surface area contributed by atoms with Crippen molar-refractivity contribution in [1.29, 1.82) is 5.26 Å². The maximum Gasteiger partial charge on any atom is 0.0991 e. The fourth-order valence-electron chi connectivity index (χ4n) is 7.66. The Balaban J connectivity index is 1.45. The van der Waals surface area contributed by atoms with Gasteiger partial charge in [-0.05, 0) is 115 Å². The Morgan fingerprint density at radius 3 is 1.60 bits per heavy atom. The second-order valence-electron chi connectivity index (χ2n) is 13.8. The molecule has 9 aromatic rings. The van der Waals surface area contributed by atoms with E-state index >= 15 is 0 Å². The zero-order valence-corrected chi connectivity index (χ0v) is 27.1. The molecular weight excluding hydrogens is 569 g/mol. The predicted octanol–water partition coefficient (Wildman–Crippen LogP) is 12.6. The molecule has 0 spiro atoms. The van der Waals surface area contributed by atoms with Crippen LogP contribution < -0.4 is 0 Å². The lowest BCUT2D eigenvalue weighted by atomic mass is 9.91. The molecule has 0 aliphatic rings. The van der Waals surface area contributed by atoms with Gasteiger partial charge >= 0.3 is 0 Å². The van der Waals surface area contributed by atoms with Crippen LogP contribution in [0.25, 0.3) is 81.9 Å². The lowest BCUT2D eigenvalue weighted by molar-refractivity contribution is 0.869. The molecular formula is C45H34N2. The van der Waals surface area contributed by atoms with Crippen LogP contribution in [0.3, 0.4) is 0 Å². The Hall–Kier alpha value is -5.65. The molecule has 0 bridgehead atoms. The smallest absolute Gasteiger partial charge is 0.0991 e. The molecule has 2 aromatic heterocycles. The normalized spacial score (nSPS) is 12.2. The molecule has 0 amide bonds. The van der Waals surface area contributed by atoms with Crippen LogP contribution >= 0.6 is 0 Å². The van der Waals surface area contributed by atoms with Crippen LogP contribution in [0.1, 0.15) is 56.2 Å². The number of rotatable bonds is 4. The predicted molar refractivity (Wildman–Crippen MR) is 200 cm³/mol. The highest BCUT2D eigenvalue weighted by Gasteiger charge is 2.21. The van der Waals surface area contributed by atoms with Gasteiger partial charge in [0.15, 0.2) is 0 Å². The molecule has 0 aliphatic heterocycles. The van der Waals surface area contributed by atoms with Gasteiger partial charge in [0.05, 0.1) is 28.2 Å². The molecule has 0 radical (unpaired) electrons. The van der Waals surface area contributed by atoms with Crippen LogP contribution in [0.15, 0.2) is 121 Å². The summed E-state index contributed by atoms with van der Waals surface area (Å²) in [6, 6.07) is 47.1. The zero-order valence-electron chi connectivity index (χ0n) is 27.1. The van der Waals surface area contributed by atoms with Gasteiger partial charge in [0.25, 0.3) is 0 Å². The maximum absolute atomic E-state index is 9.96. The first-order valence-electron chi connectivity index (χ1n) is 16.6. The maximum atomic E-state index is 9.96. The first kappa shape index (κ1) is 27.6. The second kappa shape index (κ2) is 10.2. The Kier molecular flexibility index (Phi) is 5.99. The molecule has 0 fully saturated rings. The summed E-state index contributed by atoms with van der Waals surface area (Å²) in [5.74, 6) is 0.933. The van der Waals surface area contributed by atoms with Gasteiger partial charge in [0, 0.05) is 21.5 Å². The van der Waals surface area contributed by atoms with E-state index in [0.29, 0.717) is 17.4 Å². The summed E-state index contributed by atoms with van der Waals surface area (Å²) < 4.78 is 2.49. The van der Waals surface area contributed by atoms with E-state index in [4.69, 9.17) is 0 Å². The van der Waals surface area contributed by atoms with Crippen LogP contribution in [0.4, 0.5) is 0 Å². The summed E-state index contributed by atoms with van der Waals surface area (Å²) in [7, 11) is 0. The molecule has 0 unspecified atom stereocenters. The van der Waals surface area contributed by atoms with Crippen molar-refractivity contribution in [2.24, 2.45) is 0 Å². The molecule has 2 heteroatoms. The highest BCUT2D eigenvalue weighted by molar-refractivity contribution is 6.27. The minimum absolute atomic E-state index is 0.466. The van der Waals surface area contributed by atoms with E-state index in [2.05, 4.69) is 153 Å². The fourth-order valence-corrected chi connectivity index (χ4v) is 7.66. The average Bonchev–Trinajstić information content (AvgIpc) is 3.59. The third kappa shape index (κ3) is 4.17. The van der Waals surface area contributed by atoms with Crippen LogP contribution in [-0.4, -0.2) is 4.40 Å². The number of benzene rings is 7. The highest BCUT2D eigenvalue weighted by atomic mass is 14.9. The van der Waals surface area contributed by atoms with Crippen molar-refractivity contribution >= 4 is 59.6 Å². The standard InChI is InChI=1S/C45H34N2/c1-26(2)30-11-13-32-23-43-39(19-34(32)17-30)41-21-36(38-16-28(25-46)10-15-37(38)29-8-6-5-7-9-29)22-42-40-20-35-18-31(27(3)4)12-14-33(35)24-44(40)47(43)45(41)42/h5-24,26-27H,1-4H3. The van der Waals surface area contributed by atoms with Gasteiger partial charge in [0.1, 0.15) is 0 Å². The number of fused-ring (bicyclic) bond motifs is 8. The van der Waals surface area contributed by atoms with Crippen molar-refractivity contribution in [3.63, 3.8) is 0 Å². The van der Waals surface area contributed by atoms with E-state index in [1.54, 1.807) is 0 Å². The van der Waals surface area contributed by atoms with Gasteiger partial charge in [-0.1, -0.05) is 100 Å². The second-order valence-corrected chi connectivity index (χ2v) is 13.8. The van der Waals surface area contributed by atoms with Gasteiger partial charge in [-0.15, -0.1) is 0 Å². The van der Waals surface area contributed by atoms with Gasteiger partial charge in [-0.2, -0.15) is 5.26 Å². The zero-order chi connectivity index (χ0) is 32.0. The third-order valence-corrected chi connectivity index (χ3v) is 10.2. The van der Waals surface area contributed by atoms with Crippen LogP contribution in [0.5, 0.6) is 0 Å². The molecule has 0 saturated carbocycles. The molecule has 9 rings (SSSR count). The fraction of sp³-hybridized carbons (Fsp3) is 0.133. The van der Waals surface area contributed by atoms with Crippen molar-refractivity contribution in [1.82, 2.24) is 4.40 Å². The number of nitrogens with zero attached hydrogens (tertiary/aromatic N) is 2. The molecule has 0 atom stereocenters. The van der Waals surface area contributed by atoms with Crippen molar-refractivity contribution in [2.75, 3.05) is 0 Å². The number of nitriles is 1. The summed E-state index contributed by atoms with van der Waals surface area (Å²) in [5.41, 5.74) is 11.6. The monoisotopic (exact) mass is 602 g/mol. The van der Waals surface area contributed by atoms with Crippen molar-refractivity contribution in [3.05, 3.63) is 138 Å². The van der Waals surface area contributed by atoms with Crippen LogP contribution in [0, 0.1) is 11.3 Å². The van der Waals surface area contributed by atoms with Crippen molar-refractivity contribution in [2.45, 2.75) is 39.5 Å². The molecule has 47 heavy (non-hydrogen) atoms. The minimum Gasteiger partial charge on any atom is -0.308 e. The molecule has 2 heterocycles. The summed E-state index contributed by atoms with van der Waals surface area (Å²) in [4.78, 5) is 0. The third-order valence-electron chi connectivity index (χ3n) is 10.2. The lowest BCUT2D eigenvalue weighted by Crippen LogP contribution is -1.88. The first-order chi connectivity index (χ1) is 22.9. The largest absolute Gasteiger partial charge is 0.308 e. The SMILES string of the molecule is CC(C)c1ccc2cc3c(cc2c1)c1cc(-c2cc(C#N)ccc2-c2ccccc2)cc2c4cc5cc(C(C)C)ccc5cc4n3c12. The quantitative estimate of drug-likeness (QED) is 0.197. The number of hydrogen-bond donors (Lipinski definition) is 0. The van der Waals surface area contributed by atoms with E-state index in [0.717, 1.165) is 22.3 Å². The van der Waals surface area contributed by atoms with Crippen molar-refractivity contribution in [3.8, 4) is 28.3 Å². The van der Waals surface area contributed by atoms with Crippen LogP contribution in [0.2, 0.25) is 0 Å². The summed E-state index contributed by atoms with van der Waals surface area (Å²) >= 11 is 0. The summed E-state index contributed by atoms with van der Waals surface area (Å²) in [6.45, 7) is 9.03. The minimum atomic E-state index is 0.466. The first-order valence-corrected chi connectivity index (χ1v) is 16.6. The topological polar surface area (TPSA) is 28.2 Å². The van der Waals surface area contributed by atoms with Gasteiger partial charge in [0.2, 0.25) is 0 Å². The summed E-state index contributed by atoms with van der Waals surface area (Å²) in [5, 5.41) is 20.0. The van der Waals surface area contributed by atoms with E-state index in [-0.39, 0.29) is 0 Å². The molecule has 7 aromatic carbocycles. The molecule has 0 saturated heterocycles. The molecule has 0 aliphatic carbocycles. The van der Waals surface area contributed by atoms with E-state index in [9.17, 15) is 5.26 Å². The van der Waals surface area contributed by atoms with Gasteiger partial charge in [-0.3, -0.25) is 0 Å². The molecule has 224 valence electrons. The Morgan fingerprint density at radius 2 is 1.06 bits per heavy atom. The van der Waals surface area contributed by atoms with Gasteiger partial charge in [-0.25, -0.2) is 0 Å². The molecule has 0 N–H and O–H groups in total. The lowest BCUT2D eigenvalue weighted by Gasteiger charge is -2.12. The number of aromatic nitrogens is 1. The van der Waals surface area contributed by atoms with E-state index in [1.807, 2.05) is 6.07 Å². The van der Waals surface area contributed by atoms with Gasteiger partial charge < -0.3 is 4.40 Å². The highest BCUT2D eigenvalue weighted by Crippen LogP contribution is 2.45. The summed E-state index contributed by atoms with van der Waals surface area (Å²) in [6.07, 6.45) is 0. The van der Waals surface area contributed by atoms with Crippen molar-refractivity contribution < 1.29 is 0 Å². The van der Waals surface area contributed by atoms with E-state index in [1.165, 1.54) is 70.8 Å². The molecule has 2 nitrogen and oxygen atoms in total. The average molecular weight is 603 g/mol. The Morgan fingerprint density at radius 1 is 0.489 bits per heavy atom.